The summed E-state index contributed by atoms with van der Waals surface area (Å²) in [6, 6.07) is 15.7. The number of nitrogens with zero attached hydrogens (tertiary/aromatic N) is 3. The lowest BCUT2D eigenvalue weighted by Gasteiger charge is -2.52. The number of nitriles is 1. The smallest absolute Gasteiger partial charge is 0.289 e. The number of β-lactam (4-membered cyclic amide) rings is 1. The van der Waals surface area contributed by atoms with Crippen molar-refractivity contribution in [1.29, 1.82) is 5.26 Å². The molecule has 2 fully saturated rings. The lowest BCUT2D eigenvalue weighted by molar-refractivity contribution is -0.171. The normalized spacial score (nSPS) is 20.3. The number of benzene rings is 2. The molecule has 3 heterocycles. The summed E-state index contributed by atoms with van der Waals surface area (Å²) < 4.78 is 24.7. The van der Waals surface area contributed by atoms with E-state index in [1.165, 1.54) is 18.4 Å². The summed E-state index contributed by atoms with van der Waals surface area (Å²) in [6.07, 6.45) is 1.84. The first-order chi connectivity index (χ1) is 17.0. The Bertz CT molecular complexity index is 1280. The second kappa shape index (κ2) is 9.43. The van der Waals surface area contributed by atoms with Gasteiger partial charge in [-0.2, -0.15) is 5.26 Å². The third-order valence-corrected chi connectivity index (χ3v) is 6.79. The molecule has 2 aliphatic rings. The van der Waals surface area contributed by atoms with Gasteiger partial charge in [-0.3, -0.25) is 9.59 Å². The van der Waals surface area contributed by atoms with Crippen molar-refractivity contribution in [2.24, 2.45) is 0 Å². The van der Waals surface area contributed by atoms with Gasteiger partial charge in [0.1, 0.15) is 17.6 Å². The van der Waals surface area contributed by atoms with E-state index < -0.39 is 18.0 Å². The lowest BCUT2D eigenvalue weighted by Crippen LogP contribution is -2.65. The van der Waals surface area contributed by atoms with Crippen molar-refractivity contribution < 1.29 is 23.1 Å². The largest absolute Gasteiger partial charge is 0.476 e. The van der Waals surface area contributed by atoms with Gasteiger partial charge in [-0.05, 0) is 60.9 Å². The summed E-state index contributed by atoms with van der Waals surface area (Å²) in [5.41, 5.74) is 1.33. The van der Waals surface area contributed by atoms with Crippen LogP contribution in [0.5, 0.6) is 5.75 Å². The summed E-state index contributed by atoms with van der Waals surface area (Å²) in [6.45, 7) is 0.979. The number of hydrogen-bond acceptors (Lipinski definition) is 5. The van der Waals surface area contributed by atoms with E-state index in [1.54, 1.807) is 46.2 Å². The molecular formula is C26H21ClFN3O4. The van der Waals surface area contributed by atoms with Crippen molar-refractivity contribution in [2.45, 2.75) is 31.0 Å². The highest BCUT2D eigenvalue weighted by molar-refractivity contribution is 6.32. The van der Waals surface area contributed by atoms with Crippen molar-refractivity contribution in [3.63, 3.8) is 0 Å². The Morgan fingerprint density at radius 3 is 2.51 bits per heavy atom. The van der Waals surface area contributed by atoms with Gasteiger partial charge in [0, 0.05) is 19.1 Å². The van der Waals surface area contributed by atoms with E-state index in [4.69, 9.17) is 26.0 Å². The predicted octanol–water partition coefficient (Wildman–Crippen LogP) is 4.58. The molecule has 0 bridgehead atoms. The fourth-order valence-electron chi connectivity index (χ4n) is 4.71. The zero-order valence-electron chi connectivity index (χ0n) is 18.6. The van der Waals surface area contributed by atoms with Gasteiger partial charge in [-0.15, -0.1) is 0 Å². The van der Waals surface area contributed by atoms with Crippen molar-refractivity contribution in [3.05, 3.63) is 88.6 Å². The summed E-state index contributed by atoms with van der Waals surface area (Å²) in [7, 11) is 0. The zero-order chi connectivity index (χ0) is 24.5. The van der Waals surface area contributed by atoms with E-state index in [-0.39, 0.29) is 28.6 Å². The van der Waals surface area contributed by atoms with Crippen molar-refractivity contribution >= 4 is 23.4 Å². The highest BCUT2D eigenvalue weighted by Crippen LogP contribution is 2.42. The monoisotopic (exact) mass is 493 g/mol. The molecule has 2 unspecified atom stereocenters. The van der Waals surface area contributed by atoms with Crippen LogP contribution < -0.4 is 4.74 Å². The minimum atomic E-state index is -0.839. The summed E-state index contributed by atoms with van der Waals surface area (Å²) in [5.74, 6) is -0.342. The number of halogens is 2. The molecule has 0 aliphatic carbocycles. The molecule has 35 heavy (non-hydrogen) atoms. The van der Waals surface area contributed by atoms with Crippen molar-refractivity contribution in [2.75, 3.05) is 13.1 Å². The third kappa shape index (κ3) is 4.35. The molecule has 0 radical (unpaired) electrons. The second-order valence-corrected chi connectivity index (χ2v) is 8.95. The van der Waals surface area contributed by atoms with Crippen LogP contribution in [0, 0.1) is 17.1 Å². The van der Waals surface area contributed by atoms with E-state index in [2.05, 4.69) is 6.07 Å². The molecule has 178 valence electrons. The molecule has 2 atom stereocenters. The molecule has 2 saturated heterocycles. The maximum atomic E-state index is 13.5. The molecular weight excluding hydrogens is 473 g/mol. The first-order valence-electron chi connectivity index (χ1n) is 11.2. The van der Waals surface area contributed by atoms with Gasteiger partial charge >= 0.3 is 0 Å². The SMILES string of the molecule is N#Cc1ccc(C2C(Oc3ccc(F)cc3Cl)C(=O)N2C2CCN(C(=O)c3ccco3)CC2)cc1. The Hall–Kier alpha value is -3.83. The van der Waals surface area contributed by atoms with Crippen molar-refractivity contribution in [1.82, 2.24) is 9.80 Å². The minimum absolute atomic E-state index is 0.0829. The number of likely N-dealkylation sites (tertiary alicyclic amines) is 2. The topological polar surface area (TPSA) is 86.8 Å². The first-order valence-corrected chi connectivity index (χ1v) is 11.6. The molecule has 7 nitrogen and oxygen atoms in total. The highest BCUT2D eigenvalue weighted by Gasteiger charge is 2.53. The van der Waals surface area contributed by atoms with E-state index in [0.29, 0.717) is 37.3 Å². The summed E-state index contributed by atoms with van der Waals surface area (Å²) in [4.78, 5) is 29.4. The Morgan fingerprint density at radius 1 is 1.14 bits per heavy atom. The quantitative estimate of drug-likeness (QED) is 0.485. The molecule has 0 spiro atoms. The van der Waals surface area contributed by atoms with Gasteiger partial charge in [-0.25, -0.2) is 4.39 Å². The van der Waals surface area contributed by atoms with Crippen LogP contribution >= 0.6 is 11.6 Å². The molecule has 0 saturated carbocycles. The van der Waals surface area contributed by atoms with Gasteiger partial charge in [0.15, 0.2) is 5.76 Å². The van der Waals surface area contributed by atoms with Crippen LogP contribution in [-0.4, -0.2) is 46.8 Å². The Morgan fingerprint density at radius 2 is 1.89 bits per heavy atom. The average Bonchev–Trinajstić information content (AvgIpc) is 3.42. The average molecular weight is 494 g/mol. The van der Waals surface area contributed by atoms with E-state index in [0.717, 1.165) is 11.6 Å². The molecule has 5 rings (SSSR count). The van der Waals surface area contributed by atoms with Gasteiger partial charge in [0.25, 0.3) is 11.8 Å². The third-order valence-electron chi connectivity index (χ3n) is 6.49. The van der Waals surface area contributed by atoms with Crippen molar-refractivity contribution in [3.8, 4) is 11.8 Å². The van der Waals surface area contributed by atoms with E-state index in [1.807, 2.05) is 0 Å². The predicted molar refractivity (Wildman–Crippen MR) is 124 cm³/mol. The molecule has 1 aromatic heterocycles. The Kier molecular flexibility index (Phi) is 6.18. The molecule has 9 heteroatoms. The molecule has 2 amide bonds. The number of hydrogen-bond donors (Lipinski definition) is 0. The number of amides is 2. The summed E-state index contributed by atoms with van der Waals surface area (Å²) in [5, 5.41) is 9.23. The van der Waals surface area contributed by atoms with Gasteiger partial charge in [0.05, 0.1) is 22.9 Å². The van der Waals surface area contributed by atoms with Crippen LogP contribution in [0.3, 0.4) is 0 Å². The molecule has 2 aromatic carbocycles. The van der Waals surface area contributed by atoms with E-state index in [9.17, 15) is 14.0 Å². The minimum Gasteiger partial charge on any atom is -0.476 e. The number of carbonyl (C=O) groups excluding carboxylic acids is 2. The zero-order valence-corrected chi connectivity index (χ0v) is 19.3. The number of rotatable bonds is 5. The van der Waals surface area contributed by atoms with Gasteiger partial charge < -0.3 is 19.0 Å². The fraction of sp³-hybridized carbons (Fsp3) is 0.269. The van der Waals surface area contributed by atoms with Gasteiger partial charge in [0.2, 0.25) is 6.10 Å². The Labute approximate surface area is 206 Å². The standard InChI is InChI=1S/C26H21ClFN3O4/c27-20-14-18(28)7-8-21(20)35-24-23(17-5-3-16(15-29)4-6-17)31(26(24)33)19-9-11-30(12-10-19)25(32)22-2-1-13-34-22/h1-8,13-14,19,23-24H,9-12H2. The van der Waals surface area contributed by atoms with Crippen LogP contribution in [0.2, 0.25) is 5.02 Å². The molecule has 3 aromatic rings. The Balaban J connectivity index is 1.35. The second-order valence-electron chi connectivity index (χ2n) is 8.54. The van der Waals surface area contributed by atoms with Crippen LogP contribution in [0.4, 0.5) is 4.39 Å². The number of ether oxygens (including phenoxy) is 1. The van der Waals surface area contributed by atoms with Gasteiger partial charge in [-0.1, -0.05) is 23.7 Å². The molecule has 2 aliphatic heterocycles. The number of piperidine rings is 1. The first kappa shape index (κ1) is 22.9. The number of carbonyl (C=O) groups is 2. The lowest BCUT2D eigenvalue weighted by atomic mass is 9.86. The number of furan rings is 1. The van der Waals surface area contributed by atoms with E-state index >= 15 is 0 Å². The van der Waals surface area contributed by atoms with Crippen LogP contribution in [-0.2, 0) is 4.79 Å². The van der Waals surface area contributed by atoms with Crippen LogP contribution in [0.25, 0.3) is 0 Å². The highest BCUT2D eigenvalue weighted by atomic mass is 35.5. The maximum absolute atomic E-state index is 13.5. The van der Waals surface area contributed by atoms with Crippen LogP contribution in [0.1, 0.15) is 40.6 Å². The maximum Gasteiger partial charge on any atom is 0.289 e. The van der Waals surface area contributed by atoms with Crippen LogP contribution in [0.15, 0.2) is 65.3 Å². The molecule has 0 N–H and O–H groups in total. The fourth-order valence-corrected chi connectivity index (χ4v) is 4.92. The summed E-state index contributed by atoms with van der Waals surface area (Å²) >= 11 is 6.14.